The molecule has 2 heterocycles. The van der Waals surface area contributed by atoms with E-state index in [1.807, 2.05) is 38.6 Å². The fourth-order valence-electron chi connectivity index (χ4n) is 3.05. The highest BCUT2D eigenvalue weighted by Gasteiger charge is 2.31. The van der Waals surface area contributed by atoms with Crippen LogP contribution in [0.15, 0.2) is 29.0 Å². The topological polar surface area (TPSA) is 51.1 Å². The first kappa shape index (κ1) is 17.4. The van der Waals surface area contributed by atoms with Crippen molar-refractivity contribution >= 4 is 22.9 Å². The minimum absolute atomic E-state index is 0.205. The van der Waals surface area contributed by atoms with Gasteiger partial charge in [-0.1, -0.05) is 6.08 Å². The van der Waals surface area contributed by atoms with Gasteiger partial charge in [-0.25, -0.2) is 4.79 Å². The molecule has 3 atom stereocenters. The van der Waals surface area contributed by atoms with E-state index in [1.54, 1.807) is 4.90 Å². The minimum atomic E-state index is -0.447. The molecule has 1 saturated heterocycles. The summed E-state index contributed by atoms with van der Waals surface area (Å²) >= 11 is 1.81. The van der Waals surface area contributed by atoms with Crippen molar-refractivity contribution in [1.29, 1.82) is 0 Å². The Morgan fingerprint density at radius 1 is 1.46 bits per heavy atom. The molecular weight excluding hydrogens is 324 g/mol. The number of ether oxygens (including phenoxy) is 2. The SMILES string of the molecule is CC1=N[C@@H]2C=C(OC[C@H]3CCN(C(=O)OC(C)(C)C)C3)C=C[C@@H]2S1. The Hall–Kier alpha value is -1.43. The fourth-order valence-corrected chi connectivity index (χ4v) is 4.06. The van der Waals surface area contributed by atoms with Gasteiger partial charge in [0.15, 0.2) is 0 Å². The third kappa shape index (κ3) is 4.35. The summed E-state index contributed by atoms with van der Waals surface area (Å²) in [7, 11) is 0. The average molecular weight is 350 g/mol. The highest BCUT2D eigenvalue weighted by Crippen LogP contribution is 2.32. The molecule has 0 saturated carbocycles. The summed E-state index contributed by atoms with van der Waals surface area (Å²) < 4.78 is 11.4. The van der Waals surface area contributed by atoms with Crippen molar-refractivity contribution in [3.05, 3.63) is 24.0 Å². The van der Waals surface area contributed by atoms with Crippen molar-refractivity contribution in [1.82, 2.24) is 4.90 Å². The molecule has 0 bridgehead atoms. The van der Waals surface area contributed by atoms with Crippen molar-refractivity contribution < 1.29 is 14.3 Å². The summed E-state index contributed by atoms with van der Waals surface area (Å²) in [6.07, 6.45) is 7.05. The van der Waals surface area contributed by atoms with Crippen molar-refractivity contribution in [3.8, 4) is 0 Å². The summed E-state index contributed by atoms with van der Waals surface area (Å²) in [5.41, 5.74) is -0.447. The lowest BCUT2D eigenvalue weighted by atomic mass is 10.1. The van der Waals surface area contributed by atoms with Gasteiger partial charge in [-0.3, -0.25) is 4.99 Å². The van der Waals surface area contributed by atoms with Crippen LogP contribution in [-0.4, -0.2) is 52.6 Å². The van der Waals surface area contributed by atoms with Gasteiger partial charge >= 0.3 is 6.09 Å². The number of carbonyl (C=O) groups is 1. The number of fused-ring (bicyclic) bond motifs is 1. The summed E-state index contributed by atoms with van der Waals surface area (Å²) in [4.78, 5) is 18.5. The normalized spacial score (nSPS) is 29.2. The quantitative estimate of drug-likeness (QED) is 0.780. The molecule has 0 aromatic heterocycles. The molecule has 1 fully saturated rings. The Morgan fingerprint density at radius 2 is 2.25 bits per heavy atom. The van der Waals surface area contributed by atoms with E-state index in [4.69, 9.17) is 9.47 Å². The second-order valence-corrected chi connectivity index (χ2v) is 8.91. The highest BCUT2D eigenvalue weighted by atomic mass is 32.2. The fraction of sp³-hybridized carbons (Fsp3) is 0.667. The van der Waals surface area contributed by atoms with E-state index in [0.29, 0.717) is 24.3 Å². The van der Waals surface area contributed by atoms with Crippen LogP contribution in [0.4, 0.5) is 4.79 Å². The molecule has 0 aromatic carbocycles. The maximum Gasteiger partial charge on any atom is 0.410 e. The van der Waals surface area contributed by atoms with Crippen LogP contribution in [0.5, 0.6) is 0 Å². The number of hydrogen-bond acceptors (Lipinski definition) is 5. The first-order valence-corrected chi connectivity index (χ1v) is 9.40. The number of allylic oxidation sites excluding steroid dienone is 1. The van der Waals surface area contributed by atoms with Gasteiger partial charge in [0.25, 0.3) is 0 Å². The summed E-state index contributed by atoms with van der Waals surface area (Å²) in [6.45, 7) is 9.79. The van der Waals surface area contributed by atoms with Crippen LogP contribution < -0.4 is 0 Å². The van der Waals surface area contributed by atoms with Gasteiger partial charge in [0.2, 0.25) is 0 Å². The molecule has 2 aliphatic heterocycles. The first-order valence-electron chi connectivity index (χ1n) is 8.52. The number of thioether (sulfide) groups is 1. The van der Waals surface area contributed by atoms with Gasteiger partial charge in [-0.2, -0.15) is 0 Å². The van der Waals surface area contributed by atoms with E-state index in [1.165, 1.54) is 0 Å². The van der Waals surface area contributed by atoms with Crippen molar-refractivity contribution in [2.75, 3.05) is 19.7 Å². The Balaban J connectivity index is 1.46. The van der Waals surface area contributed by atoms with E-state index in [9.17, 15) is 4.79 Å². The van der Waals surface area contributed by atoms with Gasteiger partial charge in [-0.05, 0) is 46.3 Å². The first-order chi connectivity index (χ1) is 11.3. The third-order valence-electron chi connectivity index (χ3n) is 4.18. The minimum Gasteiger partial charge on any atom is -0.494 e. The molecule has 6 heteroatoms. The lowest BCUT2D eigenvalue weighted by Gasteiger charge is -2.24. The lowest BCUT2D eigenvalue weighted by Crippen LogP contribution is -2.35. The monoisotopic (exact) mass is 350 g/mol. The van der Waals surface area contributed by atoms with Gasteiger partial charge in [-0.15, -0.1) is 11.8 Å². The van der Waals surface area contributed by atoms with Gasteiger partial charge < -0.3 is 14.4 Å². The third-order valence-corrected chi connectivity index (χ3v) is 5.34. The second kappa shape index (κ2) is 6.82. The second-order valence-electron chi connectivity index (χ2n) is 7.54. The van der Waals surface area contributed by atoms with Crippen LogP contribution in [-0.2, 0) is 9.47 Å². The van der Waals surface area contributed by atoms with Gasteiger partial charge in [0.05, 0.1) is 22.9 Å². The lowest BCUT2D eigenvalue weighted by molar-refractivity contribution is 0.0282. The molecule has 5 nitrogen and oxygen atoms in total. The van der Waals surface area contributed by atoms with Crippen molar-refractivity contribution in [2.24, 2.45) is 10.9 Å². The van der Waals surface area contributed by atoms with E-state index in [0.717, 1.165) is 23.8 Å². The number of amides is 1. The van der Waals surface area contributed by atoms with Crippen LogP contribution in [0.2, 0.25) is 0 Å². The molecule has 0 aromatic rings. The number of aliphatic imine (C=N–C) groups is 1. The zero-order chi connectivity index (χ0) is 17.3. The zero-order valence-electron chi connectivity index (χ0n) is 14.8. The van der Waals surface area contributed by atoms with Gasteiger partial charge in [0, 0.05) is 19.0 Å². The molecule has 0 spiro atoms. The number of nitrogens with zero attached hydrogens (tertiary/aromatic N) is 2. The summed E-state index contributed by atoms with van der Waals surface area (Å²) in [6, 6.07) is 0.205. The number of carbonyl (C=O) groups excluding carboxylic acids is 1. The molecule has 24 heavy (non-hydrogen) atoms. The molecule has 1 aliphatic carbocycles. The molecule has 0 unspecified atom stereocenters. The van der Waals surface area contributed by atoms with E-state index in [2.05, 4.69) is 24.1 Å². The maximum atomic E-state index is 12.1. The predicted octanol–water partition coefficient (Wildman–Crippen LogP) is 3.62. The number of hydrogen-bond donors (Lipinski definition) is 0. The molecule has 3 aliphatic rings. The number of likely N-dealkylation sites (tertiary alicyclic amines) is 1. The van der Waals surface area contributed by atoms with E-state index in [-0.39, 0.29) is 12.1 Å². The number of rotatable bonds is 3. The highest BCUT2D eigenvalue weighted by molar-refractivity contribution is 8.14. The smallest absolute Gasteiger partial charge is 0.410 e. The zero-order valence-corrected chi connectivity index (χ0v) is 15.6. The van der Waals surface area contributed by atoms with Crippen LogP contribution in [0.3, 0.4) is 0 Å². The molecule has 0 N–H and O–H groups in total. The van der Waals surface area contributed by atoms with Crippen molar-refractivity contribution in [3.63, 3.8) is 0 Å². The van der Waals surface area contributed by atoms with E-state index >= 15 is 0 Å². The molecular formula is C18H26N2O3S. The van der Waals surface area contributed by atoms with Crippen LogP contribution in [0.1, 0.15) is 34.1 Å². The molecule has 0 radical (unpaired) electrons. The summed E-state index contributed by atoms with van der Waals surface area (Å²) in [5.74, 6) is 1.25. The predicted molar refractivity (Wildman–Crippen MR) is 97.4 cm³/mol. The van der Waals surface area contributed by atoms with Crippen LogP contribution in [0, 0.1) is 5.92 Å². The Kier molecular flexibility index (Phi) is 4.95. The Morgan fingerprint density at radius 3 is 3.00 bits per heavy atom. The molecule has 132 valence electrons. The van der Waals surface area contributed by atoms with Crippen LogP contribution in [0.25, 0.3) is 0 Å². The summed E-state index contributed by atoms with van der Waals surface area (Å²) in [5, 5.41) is 1.56. The maximum absolute atomic E-state index is 12.1. The van der Waals surface area contributed by atoms with E-state index < -0.39 is 5.60 Å². The standard InChI is InChI=1S/C18H26N2O3S/c1-12-19-15-9-14(5-6-16(15)24-12)22-11-13-7-8-20(10-13)17(21)23-18(2,3)4/h5-6,9,13,15-16H,7-8,10-11H2,1-4H3/t13-,15+,16-/m0/s1. The molecule has 1 amide bonds. The Bertz CT molecular complexity index is 592. The molecule has 3 rings (SSSR count). The average Bonchev–Trinajstić information content (AvgIpc) is 3.08. The van der Waals surface area contributed by atoms with Crippen molar-refractivity contribution in [2.45, 2.75) is 51.0 Å². The Labute approximate surface area is 148 Å². The van der Waals surface area contributed by atoms with Gasteiger partial charge in [0.1, 0.15) is 11.4 Å². The van der Waals surface area contributed by atoms with Crippen LogP contribution >= 0.6 is 11.8 Å². The largest absolute Gasteiger partial charge is 0.494 e.